The lowest BCUT2D eigenvalue weighted by atomic mass is 10.1. The number of carbonyl (C=O) groups is 2. The number of nitrogens with zero attached hydrogens (tertiary/aromatic N) is 3. The Morgan fingerprint density at radius 3 is 2.60 bits per heavy atom. The summed E-state index contributed by atoms with van der Waals surface area (Å²) < 4.78 is 6.43. The zero-order valence-corrected chi connectivity index (χ0v) is 12.5. The van der Waals surface area contributed by atoms with Gasteiger partial charge in [-0.1, -0.05) is 19.1 Å². The van der Waals surface area contributed by atoms with Crippen LogP contribution in [-0.4, -0.2) is 40.0 Å². The highest BCUT2D eigenvalue weighted by molar-refractivity contribution is 5.88. The largest absolute Gasteiger partial charge is 0.461 e. The van der Waals surface area contributed by atoms with Gasteiger partial charge in [0.15, 0.2) is 5.69 Å². The van der Waals surface area contributed by atoms with E-state index in [9.17, 15) is 9.59 Å². The Bertz CT molecular complexity index is 468. The van der Waals surface area contributed by atoms with Gasteiger partial charge < -0.3 is 10.1 Å². The van der Waals surface area contributed by atoms with Crippen LogP contribution in [-0.2, 0) is 22.5 Å². The summed E-state index contributed by atoms with van der Waals surface area (Å²) in [5.41, 5.74) is 0.842. The molecule has 0 saturated carbocycles. The quantitative estimate of drug-likeness (QED) is 0.747. The molecule has 1 aromatic heterocycles. The molecule has 1 heterocycles. The highest BCUT2D eigenvalue weighted by Crippen LogP contribution is 2.13. The van der Waals surface area contributed by atoms with Crippen molar-refractivity contribution in [3.8, 4) is 0 Å². The summed E-state index contributed by atoms with van der Waals surface area (Å²) in [5, 5.41) is 10.5. The van der Waals surface area contributed by atoms with E-state index >= 15 is 0 Å². The van der Waals surface area contributed by atoms with Gasteiger partial charge in [0.1, 0.15) is 6.54 Å². The number of esters is 1. The van der Waals surface area contributed by atoms with Crippen molar-refractivity contribution in [2.75, 3.05) is 13.2 Å². The monoisotopic (exact) mass is 282 g/mol. The molecule has 0 aromatic carbocycles. The lowest BCUT2D eigenvalue weighted by Crippen LogP contribution is -2.28. The van der Waals surface area contributed by atoms with Crippen LogP contribution in [0.4, 0.5) is 0 Å². The maximum atomic E-state index is 11.8. The summed E-state index contributed by atoms with van der Waals surface area (Å²) in [4.78, 5) is 23.5. The maximum Gasteiger partial charge on any atom is 0.360 e. The van der Waals surface area contributed by atoms with E-state index in [1.54, 1.807) is 6.92 Å². The highest BCUT2D eigenvalue weighted by Gasteiger charge is 2.22. The predicted octanol–water partition coefficient (Wildman–Crippen LogP) is 0.789. The molecule has 0 saturated heterocycles. The summed E-state index contributed by atoms with van der Waals surface area (Å²) in [6, 6.07) is 0. The van der Waals surface area contributed by atoms with Gasteiger partial charge in [-0.05, 0) is 26.2 Å². The zero-order valence-electron chi connectivity index (χ0n) is 12.5. The molecular formula is C13H22N4O3. The van der Waals surface area contributed by atoms with Gasteiger partial charge in [-0.2, -0.15) is 0 Å². The Labute approximate surface area is 118 Å². The van der Waals surface area contributed by atoms with Crippen LogP contribution in [0.3, 0.4) is 0 Å². The molecular weight excluding hydrogens is 260 g/mol. The molecule has 0 unspecified atom stereocenters. The number of rotatable bonds is 7. The maximum absolute atomic E-state index is 11.8. The molecule has 0 spiro atoms. The van der Waals surface area contributed by atoms with Crippen molar-refractivity contribution in [1.82, 2.24) is 20.3 Å². The van der Waals surface area contributed by atoms with Gasteiger partial charge in [0, 0.05) is 6.54 Å². The fraction of sp³-hybridized carbons (Fsp3) is 0.692. The molecule has 0 aliphatic heterocycles. The number of hydrogen-bond donors (Lipinski definition) is 1. The number of amides is 1. The van der Waals surface area contributed by atoms with E-state index in [0.717, 1.165) is 0 Å². The second kappa shape index (κ2) is 7.62. The fourth-order valence-electron chi connectivity index (χ4n) is 1.80. The van der Waals surface area contributed by atoms with Crippen LogP contribution in [0.5, 0.6) is 0 Å². The number of hydrogen-bond acceptors (Lipinski definition) is 5. The first kappa shape index (κ1) is 16.1. The predicted molar refractivity (Wildman–Crippen MR) is 73.2 cm³/mol. The first-order valence-corrected chi connectivity index (χ1v) is 6.85. The van der Waals surface area contributed by atoms with Crippen LogP contribution in [0.15, 0.2) is 0 Å². The average Bonchev–Trinajstić information content (AvgIpc) is 2.72. The first-order valence-electron chi connectivity index (χ1n) is 6.85. The number of aromatic nitrogens is 3. The lowest BCUT2D eigenvalue weighted by Gasteiger charge is -2.09. The fourth-order valence-corrected chi connectivity index (χ4v) is 1.80. The number of carbonyl (C=O) groups excluding carboxylic acids is 2. The molecule has 0 aliphatic carbocycles. The van der Waals surface area contributed by atoms with Crippen molar-refractivity contribution in [1.29, 1.82) is 0 Å². The van der Waals surface area contributed by atoms with E-state index in [1.807, 2.05) is 20.8 Å². The van der Waals surface area contributed by atoms with Gasteiger partial charge in [0.25, 0.3) is 0 Å². The molecule has 1 N–H and O–H groups in total. The van der Waals surface area contributed by atoms with Crippen molar-refractivity contribution in [3.63, 3.8) is 0 Å². The molecule has 0 fully saturated rings. The summed E-state index contributed by atoms with van der Waals surface area (Å²) in [7, 11) is 0. The third kappa shape index (κ3) is 4.32. The molecule has 0 bridgehead atoms. The lowest BCUT2D eigenvalue weighted by molar-refractivity contribution is -0.121. The molecule has 1 aromatic rings. The normalized spacial score (nSPS) is 10.7. The van der Waals surface area contributed by atoms with Crippen LogP contribution in [0.1, 0.15) is 43.9 Å². The van der Waals surface area contributed by atoms with Gasteiger partial charge in [0.05, 0.1) is 12.3 Å². The SMILES string of the molecule is CCNC(=O)Cn1nnc(C(=O)OCC)c1CC(C)C. The number of ether oxygens (including phenoxy) is 1. The molecule has 7 heteroatoms. The summed E-state index contributed by atoms with van der Waals surface area (Å²) >= 11 is 0. The standard InChI is InChI=1S/C13H22N4O3/c1-5-14-11(18)8-17-10(7-9(3)4)12(15-16-17)13(19)20-6-2/h9H,5-8H2,1-4H3,(H,14,18). The summed E-state index contributed by atoms with van der Waals surface area (Å²) in [6.45, 7) is 8.53. The molecule has 112 valence electrons. The first-order chi connectivity index (χ1) is 9.49. The number of likely N-dealkylation sites (N-methyl/N-ethyl adjacent to an activating group) is 1. The minimum atomic E-state index is -0.495. The molecule has 0 aliphatic rings. The van der Waals surface area contributed by atoms with Gasteiger partial charge in [-0.15, -0.1) is 5.10 Å². The summed E-state index contributed by atoms with van der Waals surface area (Å²) in [6.07, 6.45) is 0.612. The van der Waals surface area contributed by atoms with Crippen molar-refractivity contribution in [2.24, 2.45) is 5.92 Å². The number of nitrogens with one attached hydrogen (secondary N) is 1. The van der Waals surface area contributed by atoms with Crippen molar-refractivity contribution in [3.05, 3.63) is 11.4 Å². The Morgan fingerprint density at radius 1 is 1.35 bits per heavy atom. The van der Waals surface area contributed by atoms with Crippen LogP contribution < -0.4 is 5.32 Å². The van der Waals surface area contributed by atoms with Crippen molar-refractivity contribution in [2.45, 2.75) is 40.7 Å². The molecule has 1 amide bonds. The van der Waals surface area contributed by atoms with Gasteiger partial charge in [-0.3, -0.25) is 4.79 Å². The minimum absolute atomic E-state index is 0.0578. The van der Waals surface area contributed by atoms with E-state index in [4.69, 9.17) is 4.74 Å². The topological polar surface area (TPSA) is 86.1 Å². The van der Waals surface area contributed by atoms with Gasteiger partial charge in [0.2, 0.25) is 5.91 Å². The van der Waals surface area contributed by atoms with Crippen molar-refractivity contribution >= 4 is 11.9 Å². The molecule has 7 nitrogen and oxygen atoms in total. The Morgan fingerprint density at radius 2 is 2.05 bits per heavy atom. The molecule has 20 heavy (non-hydrogen) atoms. The molecule has 0 radical (unpaired) electrons. The smallest absolute Gasteiger partial charge is 0.360 e. The Hall–Kier alpha value is -1.92. The average molecular weight is 282 g/mol. The van der Waals surface area contributed by atoms with Crippen LogP contribution in [0, 0.1) is 5.92 Å². The van der Waals surface area contributed by atoms with Crippen molar-refractivity contribution < 1.29 is 14.3 Å². The van der Waals surface area contributed by atoms with E-state index in [2.05, 4.69) is 15.6 Å². The second-order valence-electron chi connectivity index (χ2n) is 4.81. The van der Waals surface area contributed by atoms with E-state index in [-0.39, 0.29) is 24.8 Å². The van der Waals surface area contributed by atoms with Crippen LogP contribution in [0.25, 0.3) is 0 Å². The van der Waals surface area contributed by atoms with Gasteiger partial charge >= 0.3 is 5.97 Å². The zero-order chi connectivity index (χ0) is 15.1. The molecule has 1 rings (SSSR count). The third-order valence-corrected chi connectivity index (χ3v) is 2.58. The summed E-state index contributed by atoms with van der Waals surface area (Å²) in [5.74, 6) is -0.335. The van der Waals surface area contributed by atoms with Gasteiger partial charge in [-0.25, -0.2) is 9.48 Å². The van der Waals surface area contributed by atoms with Crippen LogP contribution >= 0.6 is 0 Å². The second-order valence-corrected chi connectivity index (χ2v) is 4.81. The van der Waals surface area contributed by atoms with E-state index in [0.29, 0.717) is 24.6 Å². The third-order valence-electron chi connectivity index (χ3n) is 2.58. The highest BCUT2D eigenvalue weighted by atomic mass is 16.5. The van der Waals surface area contributed by atoms with Crippen LogP contribution in [0.2, 0.25) is 0 Å². The minimum Gasteiger partial charge on any atom is -0.461 e. The van der Waals surface area contributed by atoms with E-state index < -0.39 is 5.97 Å². The Balaban J connectivity index is 2.99. The van der Waals surface area contributed by atoms with E-state index in [1.165, 1.54) is 4.68 Å². The molecule has 0 atom stereocenters. The Kier molecular flexibility index (Phi) is 6.14.